The van der Waals surface area contributed by atoms with Crippen molar-refractivity contribution in [2.24, 2.45) is 0 Å². The maximum atomic E-state index is 12.3. The van der Waals surface area contributed by atoms with Gasteiger partial charge in [-0.3, -0.25) is 0 Å². The van der Waals surface area contributed by atoms with Gasteiger partial charge in [-0.1, -0.05) is 30.3 Å². The summed E-state index contributed by atoms with van der Waals surface area (Å²) in [4.78, 5) is 13.9. The summed E-state index contributed by atoms with van der Waals surface area (Å²) in [5.74, 6) is 0.0590. The Labute approximate surface area is 118 Å². The number of sulfone groups is 1. The number of carbonyl (C=O) groups is 1. The molecule has 1 saturated heterocycles. The van der Waals surface area contributed by atoms with E-state index in [-0.39, 0.29) is 36.2 Å². The number of nitrogens with zero attached hydrogens (tertiary/aromatic N) is 1. The Bertz CT molecular complexity index is 596. The first-order valence-electron chi connectivity index (χ1n) is 6.88. The minimum absolute atomic E-state index is 0.00903. The lowest BCUT2D eigenvalue weighted by Gasteiger charge is -2.35. The highest BCUT2D eigenvalue weighted by Gasteiger charge is 2.36. The molecule has 0 bridgehead atoms. The van der Waals surface area contributed by atoms with Crippen molar-refractivity contribution in [2.45, 2.75) is 24.9 Å². The summed E-state index contributed by atoms with van der Waals surface area (Å²) in [7, 11) is -3.08. The highest BCUT2D eigenvalue weighted by molar-refractivity contribution is 7.91. The first-order chi connectivity index (χ1) is 9.55. The van der Waals surface area contributed by atoms with Crippen LogP contribution < -0.4 is 5.32 Å². The largest absolute Gasteiger partial charge is 0.335 e. The average molecular weight is 294 g/mol. The number of rotatable bonds is 2. The van der Waals surface area contributed by atoms with Crippen LogP contribution >= 0.6 is 0 Å². The maximum absolute atomic E-state index is 12.3. The number of hydrogen-bond donors (Lipinski definition) is 1. The Kier molecular flexibility index (Phi) is 3.41. The fraction of sp³-hybridized carbons (Fsp3) is 0.500. The molecule has 2 fully saturated rings. The summed E-state index contributed by atoms with van der Waals surface area (Å²) in [6.45, 7) is 0.264. The summed E-state index contributed by atoms with van der Waals surface area (Å²) in [6.07, 6.45) is 2.04. The molecule has 1 aromatic carbocycles. The first kappa shape index (κ1) is 13.4. The molecular weight excluding hydrogens is 276 g/mol. The van der Waals surface area contributed by atoms with Gasteiger partial charge >= 0.3 is 6.03 Å². The number of benzene rings is 1. The zero-order valence-electron chi connectivity index (χ0n) is 11.2. The highest BCUT2D eigenvalue weighted by Crippen LogP contribution is 2.28. The third kappa shape index (κ3) is 2.95. The van der Waals surface area contributed by atoms with Gasteiger partial charge in [0.2, 0.25) is 0 Å². The van der Waals surface area contributed by atoms with Gasteiger partial charge in [-0.2, -0.15) is 0 Å². The topological polar surface area (TPSA) is 66.5 Å². The molecule has 0 aromatic heterocycles. The molecule has 0 unspecified atom stereocenters. The first-order valence-corrected chi connectivity index (χ1v) is 8.70. The predicted molar refractivity (Wildman–Crippen MR) is 76.1 cm³/mol. The van der Waals surface area contributed by atoms with E-state index in [4.69, 9.17) is 0 Å². The normalized spacial score (nSPS) is 25.2. The Morgan fingerprint density at radius 3 is 2.55 bits per heavy atom. The van der Waals surface area contributed by atoms with Crippen molar-refractivity contribution in [1.29, 1.82) is 0 Å². The number of nitrogens with one attached hydrogen (secondary N) is 1. The van der Waals surface area contributed by atoms with Crippen molar-refractivity contribution >= 4 is 15.9 Å². The fourth-order valence-electron chi connectivity index (χ4n) is 2.49. The maximum Gasteiger partial charge on any atom is 0.318 e. The van der Waals surface area contributed by atoms with Crippen molar-refractivity contribution in [3.63, 3.8) is 0 Å². The van der Waals surface area contributed by atoms with Gasteiger partial charge in [0, 0.05) is 12.6 Å². The van der Waals surface area contributed by atoms with Gasteiger partial charge in [-0.05, 0) is 18.4 Å². The van der Waals surface area contributed by atoms with E-state index in [2.05, 4.69) is 5.32 Å². The van der Waals surface area contributed by atoms with Crippen LogP contribution in [0.25, 0.3) is 0 Å². The molecule has 1 saturated carbocycles. The molecule has 1 heterocycles. The zero-order valence-corrected chi connectivity index (χ0v) is 12.0. The Hall–Kier alpha value is -1.56. The lowest BCUT2D eigenvalue weighted by Crippen LogP contribution is -2.50. The molecule has 20 heavy (non-hydrogen) atoms. The number of amides is 2. The number of hydrogen-bond acceptors (Lipinski definition) is 3. The van der Waals surface area contributed by atoms with Crippen LogP contribution in [0.2, 0.25) is 0 Å². The van der Waals surface area contributed by atoms with E-state index in [0.29, 0.717) is 0 Å². The lowest BCUT2D eigenvalue weighted by atomic mass is 10.1. The summed E-state index contributed by atoms with van der Waals surface area (Å²) < 4.78 is 23.8. The van der Waals surface area contributed by atoms with E-state index < -0.39 is 9.84 Å². The molecule has 6 heteroatoms. The quantitative estimate of drug-likeness (QED) is 0.895. The van der Waals surface area contributed by atoms with Crippen LogP contribution in [-0.4, -0.2) is 43.4 Å². The van der Waals surface area contributed by atoms with Crippen molar-refractivity contribution < 1.29 is 13.2 Å². The van der Waals surface area contributed by atoms with Crippen molar-refractivity contribution in [2.75, 3.05) is 18.1 Å². The van der Waals surface area contributed by atoms with Crippen LogP contribution in [0.4, 0.5) is 4.79 Å². The molecule has 3 rings (SSSR count). The zero-order chi connectivity index (χ0) is 14.2. The van der Waals surface area contributed by atoms with E-state index >= 15 is 0 Å². The Balaban J connectivity index is 1.84. The number of carbonyl (C=O) groups excluding carboxylic acids is 1. The smallest absolute Gasteiger partial charge is 0.318 e. The van der Waals surface area contributed by atoms with Gasteiger partial charge in [0.05, 0.1) is 17.5 Å². The van der Waals surface area contributed by atoms with Gasteiger partial charge in [0.15, 0.2) is 9.84 Å². The molecule has 2 amide bonds. The predicted octanol–water partition coefficient (Wildman–Crippen LogP) is 1.33. The molecule has 2 aliphatic rings. The SMILES string of the molecule is O=C(NC1CC1)N1CCS(=O)(=O)C[C@H]1c1ccccc1. The van der Waals surface area contributed by atoms with Gasteiger partial charge in [-0.15, -0.1) is 0 Å². The monoisotopic (exact) mass is 294 g/mol. The number of urea groups is 1. The van der Waals surface area contributed by atoms with Crippen LogP contribution in [0.1, 0.15) is 24.4 Å². The molecule has 1 aromatic rings. The average Bonchev–Trinajstić information content (AvgIpc) is 3.22. The molecule has 1 N–H and O–H groups in total. The molecule has 108 valence electrons. The molecule has 1 aliphatic carbocycles. The van der Waals surface area contributed by atoms with E-state index in [1.165, 1.54) is 0 Å². The van der Waals surface area contributed by atoms with Crippen molar-refractivity contribution in [1.82, 2.24) is 10.2 Å². The van der Waals surface area contributed by atoms with Crippen LogP contribution in [0.5, 0.6) is 0 Å². The molecule has 0 spiro atoms. The van der Waals surface area contributed by atoms with Crippen LogP contribution in [0, 0.1) is 0 Å². The van der Waals surface area contributed by atoms with Crippen LogP contribution in [-0.2, 0) is 9.84 Å². The highest BCUT2D eigenvalue weighted by atomic mass is 32.2. The van der Waals surface area contributed by atoms with Crippen LogP contribution in [0.3, 0.4) is 0 Å². The second-order valence-corrected chi connectivity index (χ2v) is 7.69. The molecule has 1 atom stereocenters. The summed E-state index contributed by atoms with van der Waals surface area (Å²) >= 11 is 0. The van der Waals surface area contributed by atoms with E-state index in [1.54, 1.807) is 4.90 Å². The fourth-order valence-corrected chi connectivity index (χ4v) is 3.98. The molecule has 0 radical (unpaired) electrons. The minimum Gasteiger partial charge on any atom is -0.335 e. The lowest BCUT2D eigenvalue weighted by molar-refractivity contribution is 0.180. The second kappa shape index (κ2) is 5.09. The van der Waals surface area contributed by atoms with E-state index in [9.17, 15) is 13.2 Å². The summed E-state index contributed by atoms with van der Waals surface area (Å²) in [5, 5.41) is 2.94. The summed E-state index contributed by atoms with van der Waals surface area (Å²) in [6, 6.07) is 9.13. The molecule has 5 nitrogen and oxygen atoms in total. The molecule has 1 aliphatic heterocycles. The van der Waals surface area contributed by atoms with Crippen molar-refractivity contribution in [3.05, 3.63) is 35.9 Å². The van der Waals surface area contributed by atoms with E-state index in [1.807, 2.05) is 30.3 Å². The van der Waals surface area contributed by atoms with E-state index in [0.717, 1.165) is 18.4 Å². The van der Waals surface area contributed by atoms with Crippen LogP contribution in [0.15, 0.2) is 30.3 Å². The Morgan fingerprint density at radius 1 is 1.20 bits per heavy atom. The van der Waals surface area contributed by atoms with Gasteiger partial charge in [0.1, 0.15) is 0 Å². The third-order valence-electron chi connectivity index (χ3n) is 3.78. The standard InChI is InChI=1S/C14H18N2O3S/c17-14(15-12-6-7-12)16-8-9-20(18,19)10-13(16)11-4-2-1-3-5-11/h1-5,12-13H,6-10H2,(H,15,17)/t13-/m0/s1. The third-order valence-corrected chi connectivity index (χ3v) is 5.41. The Morgan fingerprint density at radius 2 is 1.90 bits per heavy atom. The van der Waals surface area contributed by atoms with Crippen molar-refractivity contribution in [3.8, 4) is 0 Å². The van der Waals surface area contributed by atoms with Gasteiger partial charge in [-0.25, -0.2) is 13.2 Å². The van der Waals surface area contributed by atoms with Gasteiger partial charge < -0.3 is 10.2 Å². The second-order valence-electron chi connectivity index (χ2n) is 5.46. The minimum atomic E-state index is -3.08. The summed E-state index contributed by atoms with van der Waals surface area (Å²) in [5.41, 5.74) is 0.877. The molecular formula is C14H18N2O3S. The van der Waals surface area contributed by atoms with Gasteiger partial charge in [0.25, 0.3) is 0 Å².